The zero-order valence-corrected chi connectivity index (χ0v) is 12.4. The smallest absolute Gasteiger partial charge is 0.408 e. The first-order valence-electron chi connectivity index (χ1n) is 6.83. The van der Waals surface area contributed by atoms with Gasteiger partial charge in [0.25, 0.3) is 0 Å². The summed E-state index contributed by atoms with van der Waals surface area (Å²) in [5.74, 6) is 0.750. The molecule has 2 rings (SSSR count). The number of carbonyl (C=O) groups is 1. The van der Waals surface area contributed by atoms with Crippen LogP contribution in [0.25, 0.3) is 11.0 Å². The van der Waals surface area contributed by atoms with Gasteiger partial charge < -0.3 is 15.0 Å². The van der Waals surface area contributed by atoms with Gasteiger partial charge in [0.1, 0.15) is 11.4 Å². The highest BCUT2D eigenvalue weighted by molar-refractivity contribution is 5.75. The summed E-state index contributed by atoms with van der Waals surface area (Å²) in [5.41, 5.74) is 1.36. The van der Waals surface area contributed by atoms with Crippen molar-refractivity contribution in [1.82, 2.24) is 15.3 Å². The highest BCUT2D eigenvalue weighted by atomic mass is 16.6. The molecular weight excluding hydrogens is 254 g/mol. The third-order valence-electron chi connectivity index (χ3n) is 2.84. The van der Waals surface area contributed by atoms with Crippen molar-refractivity contribution in [2.75, 3.05) is 0 Å². The molecule has 2 aromatic rings. The summed E-state index contributed by atoms with van der Waals surface area (Å²) in [5, 5.41) is 2.85. The Morgan fingerprint density at radius 3 is 2.70 bits per heavy atom. The highest BCUT2D eigenvalue weighted by Gasteiger charge is 2.21. The topological polar surface area (TPSA) is 67.0 Å². The molecule has 0 fully saturated rings. The van der Waals surface area contributed by atoms with Gasteiger partial charge in [-0.2, -0.15) is 0 Å². The van der Waals surface area contributed by atoms with E-state index in [9.17, 15) is 4.79 Å². The van der Waals surface area contributed by atoms with Crippen LogP contribution in [-0.4, -0.2) is 21.7 Å². The van der Waals surface area contributed by atoms with Crippen molar-refractivity contribution in [3.8, 4) is 0 Å². The molecule has 1 heterocycles. The van der Waals surface area contributed by atoms with Gasteiger partial charge in [0.15, 0.2) is 0 Å². The second-order valence-corrected chi connectivity index (χ2v) is 5.75. The molecule has 1 unspecified atom stereocenters. The Morgan fingerprint density at radius 1 is 1.40 bits per heavy atom. The summed E-state index contributed by atoms with van der Waals surface area (Å²) in [6.07, 6.45) is 0.309. The van der Waals surface area contributed by atoms with Crippen LogP contribution in [0.2, 0.25) is 0 Å². The van der Waals surface area contributed by atoms with Crippen molar-refractivity contribution in [2.24, 2.45) is 0 Å². The van der Waals surface area contributed by atoms with Gasteiger partial charge in [-0.1, -0.05) is 19.1 Å². The Morgan fingerprint density at radius 2 is 2.10 bits per heavy atom. The lowest BCUT2D eigenvalue weighted by Crippen LogP contribution is -2.35. The minimum atomic E-state index is -0.504. The molecule has 1 aromatic heterocycles. The predicted octanol–water partition coefficient (Wildman–Crippen LogP) is 3.54. The maximum atomic E-state index is 11.8. The van der Waals surface area contributed by atoms with Crippen molar-refractivity contribution in [3.63, 3.8) is 0 Å². The monoisotopic (exact) mass is 275 g/mol. The lowest BCUT2D eigenvalue weighted by Gasteiger charge is -2.22. The Labute approximate surface area is 118 Å². The molecule has 0 spiro atoms. The van der Waals surface area contributed by atoms with Crippen molar-refractivity contribution in [2.45, 2.75) is 45.8 Å². The second-order valence-electron chi connectivity index (χ2n) is 5.75. The molecule has 0 radical (unpaired) electrons. The molecule has 1 aromatic carbocycles. The van der Waals surface area contributed by atoms with Gasteiger partial charge in [-0.05, 0) is 39.3 Å². The first-order chi connectivity index (χ1) is 9.39. The van der Waals surface area contributed by atoms with Crippen LogP contribution >= 0.6 is 0 Å². The molecule has 1 atom stereocenters. The largest absolute Gasteiger partial charge is 0.444 e. The zero-order chi connectivity index (χ0) is 14.8. The zero-order valence-electron chi connectivity index (χ0n) is 12.4. The summed E-state index contributed by atoms with van der Waals surface area (Å²) >= 11 is 0. The first kappa shape index (κ1) is 14.4. The van der Waals surface area contributed by atoms with Crippen LogP contribution < -0.4 is 5.32 Å². The summed E-state index contributed by atoms with van der Waals surface area (Å²) in [6.45, 7) is 7.52. The lowest BCUT2D eigenvalue weighted by atomic mass is 10.2. The number of H-pyrrole nitrogens is 1. The van der Waals surface area contributed by atoms with Crippen LogP contribution in [-0.2, 0) is 4.74 Å². The first-order valence-corrected chi connectivity index (χ1v) is 6.83. The maximum Gasteiger partial charge on any atom is 0.408 e. The van der Waals surface area contributed by atoms with Gasteiger partial charge in [0, 0.05) is 0 Å². The molecule has 5 nitrogen and oxygen atoms in total. The van der Waals surface area contributed by atoms with E-state index < -0.39 is 11.7 Å². The van der Waals surface area contributed by atoms with E-state index in [4.69, 9.17) is 4.74 Å². The normalized spacial score (nSPS) is 13.2. The van der Waals surface area contributed by atoms with E-state index in [0.29, 0.717) is 0 Å². The van der Waals surface area contributed by atoms with E-state index in [1.165, 1.54) is 0 Å². The number of carbonyl (C=O) groups excluding carboxylic acids is 1. The summed E-state index contributed by atoms with van der Waals surface area (Å²) < 4.78 is 5.27. The minimum Gasteiger partial charge on any atom is -0.444 e. The van der Waals surface area contributed by atoms with Gasteiger partial charge >= 0.3 is 6.09 Å². The summed E-state index contributed by atoms with van der Waals surface area (Å²) in [7, 11) is 0. The molecule has 0 aliphatic rings. The highest BCUT2D eigenvalue weighted by Crippen LogP contribution is 2.19. The summed E-state index contributed by atoms with van der Waals surface area (Å²) in [4.78, 5) is 19.6. The second kappa shape index (κ2) is 5.53. The lowest BCUT2D eigenvalue weighted by molar-refractivity contribution is 0.0500. The molecule has 1 amide bonds. The van der Waals surface area contributed by atoms with Crippen LogP contribution in [0.3, 0.4) is 0 Å². The van der Waals surface area contributed by atoms with Crippen molar-refractivity contribution in [1.29, 1.82) is 0 Å². The fraction of sp³-hybridized carbons (Fsp3) is 0.467. The van der Waals surface area contributed by atoms with E-state index >= 15 is 0 Å². The molecule has 20 heavy (non-hydrogen) atoms. The number of rotatable bonds is 3. The Hall–Kier alpha value is -2.04. The molecule has 5 heteroatoms. The van der Waals surface area contributed by atoms with E-state index in [-0.39, 0.29) is 6.04 Å². The van der Waals surface area contributed by atoms with Crippen LogP contribution in [0, 0.1) is 0 Å². The average Bonchev–Trinajstić information content (AvgIpc) is 2.77. The van der Waals surface area contributed by atoms with Crippen molar-refractivity contribution >= 4 is 17.1 Å². The number of benzene rings is 1. The Bertz CT molecular complexity index is 565. The van der Waals surface area contributed by atoms with E-state index in [1.54, 1.807) is 0 Å². The van der Waals surface area contributed by atoms with Crippen LogP contribution in [0.5, 0.6) is 0 Å². The van der Waals surface area contributed by atoms with Crippen molar-refractivity contribution in [3.05, 3.63) is 30.1 Å². The number of hydrogen-bond acceptors (Lipinski definition) is 3. The fourth-order valence-corrected chi connectivity index (χ4v) is 1.95. The van der Waals surface area contributed by atoms with Gasteiger partial charge in [0.2, 0.25) is 0 Å². The van der Waals surface area contributed by atoms with Gasteiger partial charge in [-0.3, -0.25) is 0 Å². The minimum absolute atomic E-state index is 0.183. The quantitative estimate of drug-likeness (QED) is 0.900. The third-order valence-corrected chi connectivity index (χ3v) is 2.84. The van der Waals surface area contributed by atoms with Crippen molar-refractivity contribution < 1.29 is 9.53 Å². The molecule has 0 aliphatic carbocycles. The number of hydrogen-bond donors (Lipinski definition) is 2. The van der Waals surface area contributed by atoms with E-state index in [2.05, 4.69) is 15.3 Å². The molecular formula is C15H21N3O2. The molecule has 0 saturated heterocycles. The van der Waals surface area contributed by atoms with Gasteiger partial charge in [0.05, 0.1) is 17.1 Å². The predicted molar refractivity (Wildman–Crippen MR) is 78.5 cm³/mol. The fourth-order valence-electron chi connectivity index (χ4n) is 1.95. The van der Waals surface area contributed by atoms with E-state index in [1.807, 2.05) is 52.0 Å². The number of aromatic amines is 1. The Balaban J connectivity index is 2.13. The average molecular weight is 275 g/mol. The number of ether oxygens (including phenoxy) is 1. The maximum absolute atomic E-state index is 11.8. The number of para-hydroxylation sites is 2. The molecule has 2 N–H and O–H groups in total. The number of fused-ring (bicyclic) bond motifs is 1. The standard InChI is InChI=1S/C15H21N3O2/c1-5-10(18-14(19)20-15(2,3)4)13-16-11-8-6-7-9-12(11)17-13/h6-10H,5H2,1-4H3,(H,16,17)(H,18,19). The van der Waals surface area contributed by atoms with Crippen LogP contribution in [0.15, 0.2) is 24.3 Å². The van der Waals surface area contributed by atoms with Crippen LogP contribution in [0.4, 0.5) is 4.79 Å². The third kappa shape index (κ3) is 3.50. The number of imidazole rings is 1. The molecule has 0 bridgehead atoms. The number of nitrogens with one attached hydrogen (secondary N) is 2. The molecule has 108 valence electrons. The SMILES string of the molecule is CCC(NC(=O)OC(C)(C)C)c1nc2ccccc2[nH]1. The van der Waals surface area contributed by atoms with Gasteiger partial charge in [-0.15, -0.1) is 0 Å². The van der Waals surface area contributed by atoms with Crippen LogP contribution in [0.1, 0.15) is 46.0 Å². The number of alkyl carbamates (subject to hydrolysis) is 1. The molecule has 0 saturated carbocycles. The molecule has 0 aliphatic heterocycles. The number of aromatic nitrogens is 2. The van der Waals surface area contributed by atoms with Gasteiger partial charge in [-0.25, -0.2) is 9.78 Å². The number of amides is 1. The number of nitrogens with zero attached hydrogens (tertiary/aromatic N) is 1. The van der Waals surface area contributed by atoms with E-state index in [0.717, 1.165) is 23.3 Å². The Kier molecular flexibility index (Phi) is 3.97. The summed E-state index contributed by atoms with van der Waals surface area (Å²) in [6, 6.07) is 7.61.